The fourth-order valence-corrected chi connectivity index (χ4v) is 1.45. The third-order valence-electron chi connectivity index (χ3n) is 2.55. The molecule has 0 heterocycles. The van der Waals surface area contributed by atoms with E-state index < -0.39 is 0 Å². The first kappa shape index (κ1) is 8.02. The Balaban J connectivity index is 2.39. The smallest absolute Gasteiger partial charge is 0.0690 e. The number of nitrogens with two attached hydrogens (primary N) is 1. The number of methoxy groups -OCH3 is 1. The maximum absolute atomic E-state index is 5.48. The standard InChI is InChI=1S/C8H17NO/c1-8(10-2,5-6-9)7-3-4-7/h7H,3-6,9H2,1-2H3. The number of ether oxygens (including phenoxy) is 1. The molecule has 0 aromatic heterocycles. The molecule has 1 aliphatic rings. The van der Waals surface area contributed by atoms with Gasteiger partial charge >= 0.3 is 0 Å². The van der Waals surface area contributed by atoms with Crippen molar-refractivity contribution in [2.75, 3.05) is 13.7 Å². The molecule has 0 amide bonds. The van der Waals surface area contributed by atoms with Crippen LogP contribution in [0.15, 0.2) is 0 Å². The van der Waals surface area contributed by atoms with Gasteiger partial charge in [0.2, 0.25) is 0 Å². The zero-order valence-electron chi connectivity index (χ0n) is 6.89. The van der Waals surface area contributed by atoms with E-state index in [4.69, 9.17) is 10.5 Å². The van der Waals surface area contributed by atoms with E-state index in [1.54, 1.807) is 7.11 Å². The summed E-state index contributed by atoms with van der Waals surface area (Å²) in [5, 5.41) is 0. The van der Waals surface area contributed by atoms with Crippen LogP contribution in [-0.2, 0) is 4.74 Å². The van der Waals surface area contributed by atoms with Crippen LogP contribution in [0.25, 0.3) is 0 Å². The minimum atomic E-state index is 0.0781. The van der Waals surface area contributed by atoms with Gasteiger partial charge in [0.05, 0.1) is 5.60 Å². The molecule has 60 valence electrons. The molecule has 0 spiro atoms. The second-order valence-corrected chi connectivity index (χ2v) is 3.33. The molecular formula is C8H17NO. The van der Waals surface area contributed by atoms with Crippen molar-refractivity contribution in [1.82, 2.24) is 0 Å². The molecule has 1 aliphatic carbocycles. The summed E-state index contributed by atoms with van der Waals surface area (Å²) in [4.78, 5) is 0. The van der Waals surface area contributed by atoms with E-state index in [1.807, 2.05) is 0 Å². The Morgan fingerprint density at radius 1 is 1.60 bits per heavy atom. The second kappa shape index (κ2) is 2.89. The fourth-order valence-electron chi connectivity index (χ4n) is 1.45. The lowest BCUT2D eigenvalue weighted by Gasteiger charge is -2.27. The number of rotatable bonds is 4. The summed E-state index contributed by atoms with van der Waals surface area (Å²) in [5.74, 6) is 0.779. The first-order chi connectivity index (χ1) is 4.73. The molecule has 0 radical (unpaired) electrons. The molecule has 0 aromatic carbocycles. The van der Waals surface area contributed by atoms with Gasteiger partial charge in [-0.1, -0.05) is 0 Å². The van der Waals surface area contributed by atoms with Gasteiger partial charge in [0.25, 0.3) is 0 Å². The summed E-state index contributed by atoms with van der Waals surface area (Å²) in [5.41, 5.74) is 5.55. The van der Waals surface area contributed by atoms with Gasteiger partial charge in [0.15, 0.2) is 0 Å². The lowest BCUT2D eigenvalue weighted by molar-refractivity contribution is -0.0180. The van der Waals surface area contributed by atoms with Crippen molar-refractivity contribution >= 4 is 0 Å². The highest BCUT2D eigenvalue weighted by atomic mass is 16.5. The fraction of sp³-hybridized carbons (Fsp3) is 1.00. The molecule has 2 heteroatoms. The van der Waals surface area contributed by atoms with E-state index >= 15 is 0 Å². The van der Waals surface area contributed by atoms with Crippen LogP contribution in [0, 0.1) is 5.92 Å². The summed E-state index contributed by atoms with van der Waals surface area (Å²) in [7, 11) is 1.79. The molecule has 2 N–H and O–H groups in total. The molecule has 10 heavy (non-hydrogen) atoms. The molecule has 1 rings (SSSR count). The maximum Gasteiger partial charge on any atom is 0.0690 e. The van der Waals surface area contributed by atoms with Gasteiger partial charge in [0.1, 0.15) is 0 Å². The van der Waals surface area contributed by atoms with Crippen molar-refractivity contribution in [3.05, 3.63) is 0 Å². The van der Waals surface area contributed by atoms with Crippen molar-refractivity contribution in [3.63, 3.8) is 0 Å². The first-order valence-electron chi connectivity index (χ1n) is 3.98. The third kappa shape index (κ3) is 1.50. The Labute approximate surface area is 62.7 Å². The predicted molar refractivity (Wildman–Crippen MR) is 41.8 cm³/mol. The second-order valence-electron chi connectivity index (χ2n) is 3.33. The first-order valence-corrected chi connectivity index (χ1v) is 3.98. The molecule has 1 atom stereocenters. The maximum atomic E-state index is 5.48. The zero-order chi connectivity index (χ0) is 7.61. The third-order valence-corrected chi connectivity index (χ3v) is 2.55. The van der Waals surface area contributed by atoms with Crippen LogP contribution < -0.4 is 5.73 Å². The minimum absolute atomic E-state index is 0.0781. The summed E-state index contributed by atoms with van der Waals surface area (Å²) in [6.45, 7) is 2.90. The van der Waals surface area contributed by atoms with Crippen LogP contribution in [0.1, 0.15) is 26.2 Å². The van der Waals surface area contributed by atoms with E-state index in [0.29, 0.717) is 0 Å². The number of hydrogen-bond donors (Lipinski definition) is 1. The zero-order valence-corrected chi connectivity index (χ0v) is 6.89. The Morgan fingerprint density at radius 3 is 2.50 bits per heavy atom. The largest absolute Gasteiger partial charge is 0.378 e. The van der Waals surface area contributed by atoms with E-state index in [9.17, 15) is 0 Å². The number of hydrogen-bond acceptors (Lipinski definition) is 2. The van der Waals surface area contributed by atoms with Crippen LogP contribution >= 0.6 is 0 Å². The Bertz CT molecular complexity index is 112. The lowest BCUT2D eigenvalue weighted by Crippen LogP contribution is -2.32. The predicted octanol–water partition coefficient (Wildman–Crippen LogP) is 1.15. The van der Waals surface area contributed by atoms with Crippen molar-refractivity contribution in [3.8, 4) is 0 Å². The quantitative estimate of drug-likeness (QED) is 0.640. The highest BCUT2D eigenvalue weighted by molar-refractivity contribution is 4.92. The molecule has 0 aromatic rings. The molecule has 0 saturated heterocycles. The van der Waals surface area contributed by atoms with Crippen LogP contribution in [0.2, 0.25) is 0 Å². The molecule has 1 unspecified atom stereocenters. The average Bonchev–Trinajstić information content (AvgIpc) is 2.69. The van der Waals surface area contributed by atoms with Crippen molar-refractivity contribution in [1.29, 1.82) is 0 Å². The minimum Gasteiger partial charge on any atom is -0.378 e. The van der Waals surface area contributed by atoms with Gasteiger partial charge in [0, 0.05) is 7.11 Å². The molecule has 0 bridgehead atoms. The Morgan fingerprint density at radius 2 is 2.20 bits per heavy atom. The van der Waals surface area contributed by atoms with E-state index in [0.717, 1.165) is 18.9 Å². The summed E-state index contributed by atoms with van der Waals surface area (Å²) < 4.78 is 5.42. The van der Waals surface area contributed by atoms with E-state index in [2.05, 4.69) is 6.92 Å². The van der Waals surface area contributed by atoms with Crippen LogP contribution in [0.4, 0.5) is 0 Å². The summed E-state index contributed by atoms with van der Waals surface area (Å²) in [6.07, 6.45) is 3.64. The molecule has 0 aliphatic heterocycles. The topological polar surface area (TPSA) is 35.2 Å². The van der Waals surface area contributed by atoms with Crippen LogP contribution in [0.3, 0.4) is 0 Å². The summed E-state index contributed by atoms with van der Waals surface area (Å²) >= 11 is 0. The lowest BCUT2D eigenvalue weighted by atomic mass is 9.96. The van der Waals surface area contributed by atoms with Crippen molar-refractivity contribution in [2.24, 2.45) is 11.7 Å². The molecule has 1 saturated carbocycles. The summed E-state index contributed by atoms with van der Waals surface area (Å²) in [6, 6.07) is 0. The van der Waals surface area contributed by atoms with Crippen LogP contribution in [0.5, 0.6) is 0 Å². The van der Waals surface area contributed by atoms with Gasteiger partial charge in [-0.05, 0) is 38.6 Å². The monoisotopic (exact) mass is 143 g/mol. The van der Waals surface area contributed by atoms with Gasteiger partial charge in [-0.25, -0.2) is 0 Å². The van der Waals surface area contributed by atoms with Gasteiger partial charge in [-0.2, -0.15) is 0 Å². The van der Waals surface area contributed by atoms with Gasteiger partial charge in [-0.15, -0.1) is 0 Å². The molecule has 1 fully saturated rings. The normalized spacial score (nSPS) is 24.3. The Kier molecular flexibility index (Phi) is 2.32. The van der Waals surface area contributed by atoms with Crippen LogP contribution in [-0.4, -0.2) is 19.3 Å². The van der Waals surface area contributed by atoms with Gasteiger partial charge < -0.3 is 10.5 Å². The highest BCUT2D eigenvalue weighted by Crippen LogP contribution is 2.42. The SMILES string of the molecule is COC(C)(CCN)C1CC1. The van der Waals surface area contributed by atoms with E-state index in [-0.39, 0.29) is 5.60 Å². The average molecular weight is 143 g/mol. The molecular weight excluding hydrogens is 126 g/mol. The molecule has 2 nitrogen and oxygen atoms in total. The van der Waals surface area contributed by atoms with Crippen molar-refractivity contribution < 1.29 is 4.74 Å². The van der Waals surface area contributed by atoms with Crippen molar-refractivity contribution in [2.45, 2.75) is 31.8 Å². The Hall–Kier alpha value is -0.0800. The van der Waals surface area contributed by atoms with E-state index in [1.165, 1.54) is 12.8 Å². The highest BCUT2D eigenvalue weighted by Gasteiger charge is 2.40. The van der Waals surface area contributed by atoms with Gasteiger partial charge in [-0.3, -0.25) is 0 Å².